The Kier molecular flexibility index (Phi) is 4.19. The summed E-state index contributed by atoms with van der Waals surface area (Å²) in [7, 11) is 2.07. The Morgan fingerprint density at radius 1 is 1.35 bits per heavy atom. The Balaban J connectivity index is 1.89. The monoisotopic (exact) mass is 331 g/mol. The van der Waals surface area contributed by atoms with Gasteiger partial charge in [-0.3, -0.25) is 4.79 Å². The van der Waals surface area contributed by atoms with Crippen molar-refractivity contribution in [3.8, 4) is 0 Å². The van der Waals surface area contributed by atoms with E-state index in [9.17, 15) is 4.79 Å². The van der Waals surface area contributed by atoms with E-state index >= 15 is 0 Å². The van der Waals surface area contributed by atoms with Gasteiger partial charge in [0.1, 0.15) is 5.82 Å². The van der Waals surface area contributed by atoms with Gasteiger partial charge in [0, 0.05) is 31.6 Å². The SMILES string of the molecule is Cc1cccc(C(=O)N2CCc3c(nc(C(C)C)n3C)C2)c1Cl. The molecule has 0 atom stereocenters. The van der Waals surface area contributed by atoms with E-state index in [4.69, 9.17) is 16.6 Å². The zero-order chi connectivity index (χ0) is 16.7. The van der Waals surface area contributed by atoms with Gasteiger partial charge in [0.05, 0.1) is 22.8 Å². The number of amides is 1. The summed E-state index contributed by atoms with van der Waals surface area (Å²) in [6.45, 7) is 7.46. The molecule has 23 heavy (non-hydrogen) atoms. The molecule has 1 aromatic carbocycles. The molecule has 1 aromatic heterocycles. The highest BCUT2D eigenvalue weighted by molar-refractivity contribution is 6.34. The lowest BCUT2D eigenvalue weighted by Gasteiger charge is -2.27. The molecule has 4 nitrogen and oxygen atoms in total. The number of benzene rings is 1. The first-order chi connectivity index (χ1) is 10.9. The summed E-state index contributed by atoms with van der Waals surface area (Å²) in [6.07, 6.45) is 0.834. The topological polar surface area (TPSA) is 38.1 Å². The van der Waals surface area contributed by atoms with Crippen molar-refractivity contribution in [1.82, 2.24) is 14.5 Å². The Morgan fingerprint density at radius 3 is 2.78 bits per heavy atom. The molecule has 0 aliphatic carbocycles. The Morgan fingerprint density at radius 2 is 2.09 bits per heavy atom. The molecular formula is C18H22ClN3O. The van der Waals surface area contributed by atoms with E-state index in [1.54, 1.807) is 6.07 Å². The molecule has 2 aromatic rings. The van der Waals surface area contributed by atoms with Gasteiger partial charge in [-0.1, -0.05) is 37.6 Å². The predicted octanol–water partition coefficient (Wildman–Crippen LogP) is 3.70. The van der Waals surface area contributed by atoms with Crippen LogP contribution in [0, 0.1) is 6.92 Å². The Bertz CT molecular complexity index is 764. The first-order valence-electron chi connectivity index (χ1n) is 7.99. The molecule has 1 aliphatic rings. The van der Waals surface area contributed by atoms with Crippen molar-refractivity contribution in [1.29, 1.82) is 0 Å². The number of nitrogens with zero attached hydrogens (tertiary/aromatic N) is 3. The number of imidazole rings is 1. The van der Waals surface area contributed by atoms with Crippen molar-refractivity contribution in [2.45, 2.75) is 39.7 Å². The molecule has 1 aliphatic heterocycles. The molecule has 0 fully saturated rings. The number of hydrogen-bond acceptors (Lipinski definition) is 2. The normalized spacial score (nSPS) is 14.3. The van der Waals surface area contributed by atoms with Gasteiger partial charge in [0.15, 0.2) is 0 Å². The second-order valence-electron chi connectivity index (χ2n) is 6.49. The van der Waals surface area contributed by atoms with Crippen molar-refractivity contribution in [3.63, 3.8) is 0 Å². The lowest BCUT2D eigenvalue weighted by atomic mass is 10.1. The van der Waals surface area contributed by atoms with Gasteiger partial charge in [-0.2, -0.15) is 0 Å². The van der Waals surface area contributed by atoms with Gasteiger partial charge in [0.2, 0.25) is 0 Å². The molecule has 1 amide bonds. The zero-order valence-electron chi connectivity index (χ0n) is 14.1. The third-order valence-electron chi connectivity index (χ3n) is 4.52. The van der Waals surface area contributed by atoms with E-state index in [-0.39, 0.29) is 5.91 Å². The average molecular weight is 332 g/mol. The summed E-state index contributed by atoms with van der Waals surface area (Å²) < 4.78 is 2.18. The molecule has 3 rings (SSSR count). The molecule has 0 N–H and O–H groups in total. The average Bonchev–Trinajstić information content (AvgIpc) is 2.86. The maximum absolute atomic E-state index is 12.8. The van der Waals surface area contributed by atoms with Crippen LogP contribution in [0.2, 0.25) is 5.02 Å². The van der Waals surface area contributed by atoms with Gasteiger partial charge in [-0.25, -0.2) is 4.98 Å². The van der Waals surface area contributed by atoms with Crippen LogP contribution < -0.4 is 0 Å². The number of carbonyl (C=O) groups excluding carboxylic acids is 1. The van der Waals surface area contributed by atoms with E-state index in [0.717, 1.165) is 23.5 Å². The van der Waals surface area contributed by atoms with Crippen LogP contribution in [0.25, 0.3) is 0 Å². The number of fused-ring (bicyclic) bond motifs is 1. The molecule has 122 valence electrons. The lowest BCUT2D eigenvalue weighted by Crippen LogP contribution is -2.36. The molecule has 0 unspecified atom stereocenters. The van der Waals surface area contributed by atoms with E-state index in [1.165, 1.54) is 5.69 Å². The molecular weight excluding hydrogens is 310 g/mol. The van der Waals surface area contributed by atoms with Crippen LogP contribution in [0.3, 0.4) is 0 Å². The molecule has 0 spiro atoms. The fourth-order valence-corrected chi connectivity index (χ4v) is 3.43. The minimum atomic E-state index is -0.0129. The van der Waals surface area contributed by atoms with Crippen LogP contribution in [0.1, 0.15) is 52.9 Å². The summed E-state index contributed by atoms with van der Waals surface area (Å²) >= 11 is 6.31. The van der Waals surface area contributed by atoms with Crippen LogP contribution >= 0.6 is 11.6 Å². The third kappa shape index (κ3) is 2.76. The minimum absolute atomic E-state index is 0.0129. The van der Waals surface area contributed by atoms with E-state index in [1.807, 2.05) is 24.0 Å². The Hall–Kier alpha value is -1.81. The standard InChI is InChI=1S/C18H22ClN3O/c1-11(2)17-20-14-10-22(9-8-15(14)21(17)4)18(23)13-7-5-6-12(3)16(13)19/h5-7,11H,8-10H2,1-4H3. The second kappa shape index (κ2) is 6.00. The summed E-state index contributed by atoms with van der Waals surface area (Å²) in [4.78, 5) is 19.4. The first-order valence-corrected chi connectivity index (χ1v) is 8.36. The minimum Gasteiger partial charge on any atom is -0.334 e. The lowest BCUT2D eigenvalue weighted by molar-refractivity contribution is 0.0731. The van der Waals surface area contributed by atoms with E-state index in [2.05, 4.69) is 25.5 Å². The summed E-state index contributed by atoms with van der Waals surface area (Å²) in [6, 6.07) is 5.59. The summed E-state index contributed by atoms with van der Waals surface area (Å²) in [5.74, 6) is 1.44. The van der Waals surface area contributed by atoms with E-state index < -0.39 is 0 Å². The van der Waals surface area contributed by atoms with Crippen LogP contribution in [-0.2, 0) is 20.0 Å². The fraction of sp³-hybridized carbons (Fsp3) is 0.444. The number of hydrogen-bond donors (Lipinski definition) is 0. The third-order valence-corrected chi connectivity index (χ3v) is 5.02. The number of carbonyl (C=O) groups is 1. The van der Waals surface area contributed by atoms with Crippen molar-refractivity contribution in [3.05, 3.63) is 51.6 Å². The van der Waals surface area contributed by atoms with Gasteiger partial charge >= 0.3 is 0 Å². The highest BCUT2D eigenvalue weighted by Gasteiger charge is 2.27. The first kappa shape index (κ1) is 16.1. The number of aromatic nitrogens is 2. The quantitative estimate of drug-likeness (QED) is 0.841. The van der Waals surface area contributed by atoms with Gasteiger partial charge in [-0.05, 0) is 18.6 Å². The molecule has 0 saturated carbocycles. The number of aryl methyl sites for hydroxylation is 1. The number of rotatable bonds is 2. The van der Waals surface area contributed by atoms with Gasteiger partial charge in [0.25, 0.3) is 5.91 Å². The molecule has 0 bridgehead atoms. The van der Waals surface area contributed by atoms with Crippen LogP contribution in [-0.4, -0.2) is 26.9 Å². The highest BCUT2D eigenvalue weighted by Crippen LogP contribution is 2.26. The highest BCUT2D eigenvalue weighted by atomic mass is 35.5. The van der Waals surface area contributed by atoms with Crippen molar-refractivity contribution in [2.24, 2.45) is 7.05 Å². The van der Waals surface area contributed by atoms with Crippen LogP contribution in [0.5, 0.6) is 0 Å². The van der Waals surface area contributed by atoms with Crippen molar-refractivity contribution < 1.29 is 4.79 Å². The van der Waals surface area contributed by atoms with Crippen LogP contribution in [0.4, 0.5) is 0 Å². The Labute approximate surface area is 142 Å². The summed E-state index contributed by atoms with van der Waals surface area (Å²) in [5.41, 5.74) is 3.76. The van der Waals surface area contributed by atoms with Crippen molar-refractivity contribution >= 4 is 17.5 Å². The van der Waals surface area contributed by atoms with Gasteiger partial charge in [-0.15, -0.1) is 0 Å². The second-order valence-corrected chi connectivity index (χ2v) is 6.87. The fourth-order valence-electron chi connectivity index (χ4n) is 3.22. The van der Waals surface area contributed by atoms with Gasteiger partial charge < -0.3 is 9.47 Å². The van der Waals surface area contributed by atoms with Crippen LogP contribution in [0.15, 0.2) is 18.2 Å². The molecule has 0 radical (unpaired) electrons. The maximum atomic E-state index is 12.8. The summed E-state index contributed by atoms with van der Waals surface area (Å²) in [5, 5.41) is 0.548. The predicted molar refractivity (Wildman–Crippen MR) is 91.9 cm³/mol. The number of halogens is 1. The largest absolute Gasteiger partial charge is 0.334 e. The maximum Gasteiger partial charge on any atom is 0.255 e. The van der Waals surface area contributed by atoms with E-state index in [0.29, 0.717) is 29.6 Å². The molecule has 5 heteroatoms. The molecule has 2 heterocycles. The zero-order valence-corrected chi connectivity index (χ0v) is 14.8. The van der Waals surface area contributed by atoms with Crippen molar-refractivity contribution in [2.75, 3.05) is 6.54 Å². The smallest absolute Gasteiger partial charge is 0.255 e. The molecule has 0 saturated heterocycles.